The molecule has 3 nitrogen and oxygen atoms in total. The van der Waals surface area contributed by atoms with Crippen molar-refractivity contribution in [2.45, 2.75) is 20.1 Å². The maximum Gasteiger partial charge on any atom is 0.175 e. The second-order valence-corrected chi connectivity index (χ2v) is 8.56. The molecule has 0 fully saturated rings. The van der Waals surface area contributed by atoms with Crippen molar-refractivity contribution in [2.75, 3.05) is 12.4 Å². The first kappa shape index (κ1) is 21.5. The molecule has 0 radical (unpaired) electrons. The van der Waals surface area contributed by atoms with Crippen molar-refractivity contribution < 1.29 is 9.47 Å². The number of rotatable bonds is 7. The molecule has 0 aliphatic carbocycles. The standard InChI is InChI=1S/C26H23BrClNO2/c1-17-23(28)11-6-12-24(17)29-15-18-13-22(27)26(25(14-18)30-2)31-16-20-9-5-8-19-7-3-4-10-21(19)20/h3-14,29H,15-16H2,1-2H3. The van der Waals surface area contributed by atoms with Gasteiger partial charge in [-0.15, -0.1) is 0 Å². The summed E-state index contributed by atoms with van der Waals surface area (Å²) in [7, 11) is 1.66. The third-order valence-electron chi connectivity index (χ3n) is 5.29. The van der Waals surface area contributed by atoms with Crippen LogP contribution in [0.25, 0.3) is 10.8 Å². The molecule has 0 saturated heterocycles. The van der Waals surface area contributed by atoms with Gasteiger partial charge in [0.15, 0.2) is 11.5 Å². The van der Waals surface area contributed by atoms with Crippen molar-refractivity contribution in [1.29, 1.82) is 0 Å². The van der Waals surface area contributed by atoms with Gasteiger partial charge in [-0.2, -0.15) is 0 Å². The highest BCUT2D eigenvalue weighted by molar-refractivity contribution is 9.10. The summed E-state index contributed by atoms with van der Waals surface area (Å²) < 4.78 is 12.7. The Balaban J connectivity index is 1.53. The SMILES string of the molecule is COc1cc(CNc2cccc(Cl)c2C)cc(Br)c1OCc1cccc2ccccc12. The third-order valence-corrected chi connectivity index (χ3v) is 6.29. The Labute approximate surface area is 196 Å². The van der Waals surface area contributed by atoms with E-state index >= 15 is 0 Å². The number of nitrogens with one attached hydrogen (secondary N) is 1. The van der Waals surface area contributed by atoms with Gasteiger partial charge in [-0.1, -0.05) is 60.1 Å². The summed E-state index contributed by atoms with van der Waals surface area (Å²) in [6.07, 6.45) is 0. The Morgan fingerprint density at radius 2 is 1.74 bits per heavy atom. The van der Waals surface area contributed by atoms with E-state index in [1.807, 2.05) is 49.4 Å². The first-order chi connectivity index (χ1) is 15.1. The first-order valence-electron chi connectivity index (χ1n) is 10.0. The molecule has 5 heteroatoms. The van der Waals surface area contributed by atoms with Crippen LogP contribution in [0.1, 0.15) is 16.7 Å². The molecule has 0 heterocycles. The molecule has 158 valence electrons. The largest absolute Gasteiger partial charge is 0.493 e. The second kappa shape index (κ2) is 9.63. The van der Waals surface area contributed by atoms with E-state index in [-0.39, 0.29) is 0 Å². The van der Waals surface area contributed by atoms with Crippen LogP contribution in [0, 0.1) is 6.92 Å². The van der Waals surface area contributed by atoms with Gasteiger partial charge in [0, 0.05) is 17.3 Å². The highest BCUT2D eigenvalue weighted by atomic mass is 79.9. The molecule has 31 heavy (non-hydrogen) atoms. The molecule has 0 bridgehead atoms. The summed E-state index contributed by atoms with van der Waals surface area (Å²) in [5.41, 5.74) is 4.25. The average Bonchev–Trinajstić information content (AvgIpc) is 2.79. The summed E-state index contributed by atoms with van der Waals surface area (Å²) in [6, 6.07) is 24.5. The fourth-order valence-electron chi connectivity index (χ4n) is 3.58. The molecule has 4 aromatic rings. The molecule has 4 rings (SSSR count). The molecule has 0 aliphatic heterocycles. The van der Waals surface area contributed by atoms with Crippen LogP contribution in [0.5, 0.6) is 11.5 Å². The Hall–Kier alpha value is -2.69. The van der Waals surface area contributed by atoms with E-state index in [9.17, 15) is 0 Å². The van der Waals surface area contributed by atoms with Crippen LogP contribution in [0.15, 0.2) is 77.3 Å². The fraction of sp³-hybridized carbons (Fsp3) is 0.154. The van der Waals surface area contributed by atoms with Crippen LogP contribution in [0.3, 0.4) is 0 Å². The van der Waals surface area contributed by atoms with E-state index in [4.69, 9.17) is 21.1 Å². The quantitative estimate of drug-likeness (QED) is 0.283. The Kier molecular flexibility index (Phi) is 6.69. The number of hydrogen-bond acceptors (Lipinski definition) is 3. The van der Waals surface area contributed by atoms with Crippen molar-refractivity contribution in [3.05, 3.63) is 99.0 Å². The Morgan fingerprint density at radius 3 is 2.58 bits per heavy atom. The number of ether oxygens (including phenoxy) is 2. The van der Waals surface area contributed by atoms with Crippen LogP contribution in [-0.4, -0.2) is 7.11 Å². The topological polar surface area (TPSA) is 30.5 Å². The molecule has 0 unspecified atom stereocenters. The second-order valence-electron chi connectivity index (χ2n) is 7.30. The number of anilines is 1. The minimum absolute atomic E-state index is 0.454. The maximum atomic E-state index is 6.23. The van der Waals surface area contributed by atoms with Crippen LogP contribution >= 0.6 is 27.5 Å². The molecular formula is C26H23BrClNO2. The highest BCUT2D eigenvalue weighted by Crippen LogP contribution is 2.38. The minimum Gasteiger partial charge on any atom is -0.493 e. The van der Waals surface area contributed by atoms with E-state index in [1.165, 1.54) is 10.8 Å². The highest BCUT2D eigenvalue weighted by Gasteiger charge is 2.13. The van der Waals surface area contributed by atoms with Crippen LogP contribution < -0.4 is 14.8 Å². The summed E-state index contributed by atoms with van der Waals surface area (Å²) in [6.45, 7) is 3.10. The van der Waals surface area contributed by atoms with Crippen molar-refractivity contribution in [2.24, 2.45) is 0 Å². The van der Waals surface area contributed by atoms with Gasteiger partial charge in [0.25, 0.3) is 0 Å². The first-order valence-corrected chi connectivity index (χ1v) is 11.2. The number of methoxy groups -OCH3 is 1. The van der Waals surface area contributed by atoms with Crippen LogP contribution in [-0.2, 0) is 13.2 Å². The molecule has 4 aromatic carbocycles. The monoisotopic (exact) mass is 495 g/mol. The number of fused-ring (bicyclic) bond motifs is 1. The van der Waals surface area contributed by atoms with E-state index in [1.54, 1.807) is 7.11 Å². The summed E-state index contributed by atoms with van der Waals surface area (Å²) in [4.78, 5) is 0. The zero-order valence-corrected chi connectivity index (χ0v) is 19.8. The summed E-state index contributed by atoms with van der Waals surface area (Å²) >= 11 is 9.89. The van der Waals surface area contributed by atoms with E-state index < -0.39 is 0 Å². The van der Waals surface area contributed by atoms with Gasteiger partial charge in [0.05, 0.1) is 11.6 Å². The van der Waals surface area contributed by atoms with Crippen molar-refractivity contribution in [3.8, 4) is 11.5 Å². The molecular weight excluding hydrogens is 474 g/mol. The molecule has 0 amide bonds. The van der Waals surface area contributed by atoms with Crippen molar-refractivity contribution in [1.82, 2.24) is 0 Å². The van der Waals surface area contributed by atoms with Gasteiger partial charge in [0.2, 0.25) is 0 Å². The maximum absolute atomic E-state index is 6.23. The predicted molar refractivity (Wildman–Crippen MR) is 132 cm³/mol. The van der Waals surface area contributed by atoms with Crippen molar-refractivity contribution >= 4 is 44.0 Å². The van der Waals surface area contributed by atoms with Gasteiger partial charge in [0.1, 0.15) is 6.61 Å². The van der Waals surface area contributed by atoms with Crippen LogP contribution in [0.4, 0.5) is 5.69 Å². The molecule has 0 aromatic heterocycles. The van der Waals surface area contributed by atoms with Crippen molar-refractivity contribution in [3.63, 3.8) is 0 Å². The Morgan fingerprint density at radius 1 is 0.968 bits per heavy atom. The van der Waals surface area contributed by atoms with E-state index in [2.05, 4.69) is 51.6 Å². The lowest BCUT2D eigenvalue weighted by Gasteiger charge is -2.16. The normalized spacial score (nSPS) is 10.8. The zero-order chi connectivity index (χ0) is 21.8. The zero-order valence-electron chi connectivity index (χ0n) is 17.4. The lowest BCUT2D eigenvalue weighted by molar-refractivity contribution is 0.283. The molecule has 1 N–H and O–H groups in total. The van der Waals surface area contributed by atoms with Crippen LogP contribution in [0.2, 0.25) is 5.02 Å². The minimum atomic E-state index is 0.454. The van der Waals surface area contributed by atoms with Gasteiger partial charge in [-0.05, 0) is 74.6 Å². The van der Waals surface area contributed by atoms with E-state index in [0.717, 1.165) is 31.9 Å². The number of halogens is 2. The molecule has 0 saturated carbocycles. The number of hydrogen-bond donors (Lipinski definition) is 1. The third kappa shape index (κ3) is 4.81. The fourth-order valence-corrected chi connectivity index (χ4v) is 4.36. The van der Waals surface area contributed by atoms with E-state index in [0.29, 0.717) is 24.7 Å². The average molecular weight is 497 g/mol. The van der Waals surface area contributed by atoms with Gasteiger partial charge < -0.3 is 14.8 Å². The smallest absolute Gasteiger partial charge is 0.175 e. The lowest BCUT2D eigenvalue weighted by atomic mass is 10.1. The predicted octanol–water partition coefficient (Wildman–Crippen LogP) is 7.76. The van der Waals surface area contributed by atoms with Gasteiger partial charge in [-0.3, -0.25) is 0 Å². The molecule has 0 atom stereocenters. The Bertz CT molecular complexity index is 1220. The van der Waals surface area contributed by atoms with Gasteiger partial charge in [-0.25, -0.2) is 0 Å². The summed E-state index contributed by atoms with van der Waals surface area (Å²) in [5, 5.41) is 6.59. The lowest BCUT2D eigenvalue weighted by Crippen LogP contribution is -2.04. The molecule has 0 aliphatic rings. The number of benzene rings is 4. The van der Waals surface area contributed by atoms with Gasteiger partial charge >= 0.3 is 0 Å². The summed E-state index contributed by atoms with van der Waals surface area (Å²) in [5.74, 6) is 1.38. The molecule has 0 spiro atoms.